The number of ether oxygens (including phenoxy) is 2. The van der Waals surface area contributed by atoms with E-state index >= 15 is 0 Å². The number of benzene rings is 2. The van der Waals surface area contributed by atoms with Crippen LogP contribution >= 0.6 is 0 Å². The first-order valence-corrected chi connectivity index (χ1v) is 11.1. The van der Waals surface area contributed by atoms with Crippen LogP contribution in [0.4, 0.5) is 10.1 Å². The number of anilines is 1. The second kappa shape index (κ2) is 10.8. The van der Waals surface area contributed by atoms with Gasteiger partial charge in [0.25, 0.3) is 5.91 Å². The Morgan fingerprint density at radius 2 is 2.03 bits per heavy atom. The molecule has 0 radical (unpaired) electrons. The molecule has 1 aromatic heterocycles. The van der Waals surface area contributed by atoms with Crippen LogP contribution in [0.15, 0.2) is 64.6 Å². The smallest absolute Gasteiger partial charge is 0.293 e. The van der Waals surface area contributed by atoms with Crippen molar-refractivity contribution in [2.75, 3.05) is 19.3 Å². The maximum Gasteiger partial charge on any atom is 0.293 e. The fourth-order valence-electron chi connectivity index (χ4n) is 3.83. The van der Waals surface area contributed by atoms with Gasteiger partial charge in [0, 0.05) is 23.6 Å². The number of carbonyl (C=O) groups excluding carboxylic acids is 2. The van der Waals surface area contributed by atoms with Crippen LogP contribution in [0.1, 0.15) is 41.4 Å². The summed E-state index contributed by atoms with van der Waals surface area (Å²) < 4.78 is 27.9. The number of carbonyl (C=O) groups is 2. The Hall–Kier alpha value is -4.21. The zero-order chi connectivity index (χ0) is 24.8. The molecule has 0 bridgehead atoms. The first-order valence-electron chi connectivity index (χ1n) is 11.1. The highest BCUT2D eigenvalue weighted by Crippen LogP contribution is 2.32. The van der Waals surface area contributed by atoms with Gasteiger partial charge in [0.1, 0.15) is 0 Å². The molecule has 1 N–H and O–H groups in total. The Morgan fingerprint density at radius 3 is 2.69 bits per heavy atom. The largest absolute Gasteiger partial charge is 0.493 e. The number of nitrogens with one attached hydrogen (secondary N) is 1. The van der Waals surface area contributed by atoms with E-state index in [1.807, 2.05) is 19.1 Å². The van der Waals surface area contributed by atoms with Crippen LogP contribution in [0.2, 0.25) is 0 Å². The standard InChI is InChI=1S/C25H25FN4O5/c1-3-17-11-23(31)30(29-24(17)18-6-9-20(34-14-26)21(10-18)33-2)13-16-4-7-19(8-5-16)28-25(32)22-12-27-15-35-22/h4-10,12,15,17H,3,11,13-14H2,1-2H3,(H,28,32). The third-order valence-corrected chi connectivity index (χ3v) is 5.69. The third-order valence-electron chi connectivity index (χ3n) is 5.69. The van der Waals surface area contributed by atoms with Gasteiger partial charge in [-0.3, -0.25) is 9.59 Å². The van der Waals surface area contributed by atoms with E-state index in [-0.39, 0.29) is 24.1 Å². The lowest BCUT2D eigenvalue weighted by atomic mass is 9.89. The van der Waals surface area contributed by atoms with Crippen molar-refractivity contribution in [1.82, 2.24) is 9.99 Å². The minimum Gasteiger partial charge on any atom is -0.493 e. The topological polar surface area (TPSA) is 106 Å². The summed E-state index contributed by atoms with van der Waals surface area (Å²) in [6, 6.07) is 12.3. The predicted octanol–water partition coefficient (Wildman–Crippen LogP) is 4.40. The van der Waals surface area contributed by atoms with Crippen molar-refractivity contribution in [1.29, 1.82) is 0 Å². The van der Waals surface area contributed by atoms with Gasteiger partial charge in [-0.2, -0.15) is 5.10 Å². The lowest BCUT2D eigenvalue weighted by Crippen LogP contribution is -2.36. The summed E-state index contributed by atoms with van der Waals surface area (Å²) in [5.41, 5.74) is 2.97. The van der Waals surface area contributed by atoms with Crippen molar-refractivity contribution in [3.8, 4) is 11.5 Å². The molecule has 0 spiro atoms. The SMILES string of the molecule is CCC1CC(=O)N(Cc2ccc(NC(=O)c3cnco3)cc2)N=C1c1ccc(OCF)c(OC)c1. The van der Waals surface area contributed by atoms with Crippen LogP contribution < -0.4 is 14.8 Å². The van der Waals surface area contributed by atoms with Crippen molar-refractivity contribution < 1.29 is 27.9 Å². The first kappa shape index (κ1) is 23.9. The van der Waals surface area contributed by atoms with Crippen LogP contribution in [0, 0.1) is 5.92 Å². The average Bonchev–Trinajstić information content (AvgIpc) is 3.42. The Kier molecular flexibility index (Phi) is 7.39. The molecule has 2 heterocycles. The molecule has 4 rings (SSSR count). The summed E-state index contributed by atoms with van der Waals surface area (Å²) in [6.07, 6.45) is 3.59. The number of hydrogen-bond acceptors (Lipinski definition) is 7. The highest BCUT2D eigenvalue weighted by Gasteiger charge is 2.29. The van der Waals surface area contributed by atoms with E-state index in [1.165, 1.54) is 24.7 Å². The van der Waals surface area contributed by atoms with Gasteiger partial charge >= 0.3 is 0 Å². The molecule has 2 amide bonds. The van der Waals surface area contributed by atoms with Gasteiger partial charge in [0.2, 0.25) is 18.5 Å². The number of methoxy groups -OCH3 is 1. The van der Waals surface area contributed by atoms with Crippen LogP contribution in [0.5, 0.6) is 11.5 Å². The Labute approximate surface area is 201 Å². The van der Waals surface area contributed by atoms with Crippen LogP contribution in [-0.4, -0.2) is 41.5 Å². The van der Waals surface area contributed by atoms with E-state index in [0.29, 0.717) is 23.6 Å². The van der Waals surface area contributed by atoms with E-state index in [4.69, 9.17) is 13.9 Å². The third kappa shape index (κ3) is 5.48. The second-order valence-electron chi connectivity index (χ2n) is 7.88. The fourth-order valence-corrected chi connectivity index (χ4v) is 3.83. The van der Waals surface area contributed by atoms with Gasteiger partial charge in [0.05, 0.1) is 25.6 Å². The molecule has 1 unspecified atom stereocenters. The highest BCUT2D eigenvalue weighted by molar-refractivity contribution is 6.06. The summed E-state index contributed by atoms with van der Waals surface area (Å²) in [6.45, 7) is 1.32. The lowest BCUT2D eigenvalue weighted by molar-refractivity contribution is -0.133. The minimum atomic E-state index is -0.959. The highest BCUT2D eigenvalue weighted by atomic mass is 19.1. The van der Waals surface area contributed by atoms with Crippen LogP contribution in [0.25, 0.3) is 0 Å². The number of oxazole rings is 1. The molecule has 1 aliphatic heterocycles. The van der Waals surface area contributed by atoms with Crippen molar-refractivity contribution in [2.24, 2.45) is 11.0 Å². The van der Waals surface area contributed by atoms with E-state index in [9.17, 15) is 14.0 Å². The predicted molar refractivity (Wildman–Crippen MR) is 126 cm³/mol. The molecule has 1 atom stereocenters. The van der Waals surface area contributed by atoms with E-state index in [1.54, 1.807) is 30.3 Å². The summed E-state index contributed by atoms with van der Waals surface area (Å²) in [5, 5.41) is 8.85. The normalized spacial score (nSPS) is 15.5. The number of hydrogen-bond donors (Lipinski definition) is 1. The van der Waals surface area contributed by atoms with E-state index in [2.05, 4.69) is 15.4 Å². The van der Waals surface area contributed by atoms with E-state index in [0.717, 1.165) is 23.3 Å². The maximum absolute atomic E-state index is 12.8. The molecular weight excluding hydrogens is 455 g/mol. The number of alkyl halides is 1. The number of halogens is 1. The second-order valence-corrected chi connectivity index (χ2v) is 7.88. The number of aromatic nitrogens is 1. The molecule has 9 nitrogen and oxygen atoms in total. The first-order chi connectivity index (χ1) is 17.0. The summed E-state index contributed by atoms with van der Waals surface area (Å²) >= 11 is 0. The van der Waals surface area contributed by atoms with Gasteiger partial charge in [-0.05, 0) is 42.3 Å². The Balaban J connectivity index is 1.52. The molecule has 0 aliphatic carbocycles. The zero-order valence-corrected chi connectivity index (χ0v) is 19.4. The van der Waals surface area contributed by atoms with Gasteiger partial charge in [-0.15, -0.1) is 0 Å². The summed E-state index contributed by atoms with van der Waals surface area (Å²) in [7, 11) is 1.48. The minimum absolute atomic E-state index is 0.0509. The molecule has 1 aliphatic rings. The zero-order valence-electron chi connectivity index (χ0n) is 19.4. The van der Waals surface area contributed by atoms with Crippen molar-refractivity contribution in [3.05, 3.63) is 71.9 Å². The van der Waals surface area contributed by atoms with Gasteiger partial charge in [-0.1, -0.05) is 19.1 Å². The molecule has 35 heavy (non-hydrogen) atoms. The van der Waals surface area contributed by atoms with Gasteiger partial charge in [-0.25, -0.2) is 14.4 Å². The number of amides is 2. The van der Waals surface area contributed by atoms with Gasteiger partial charge in [0.15, 0.2) is 17.9 Å². The van der Waals surface area contributed by atoms with Crippen molar-refractivity contribution in [3.63, 3.8) is 0 Å². The molecule has 0 fully saturated rings. The van der Waals surface area contributed by atoms with Gasteiger partial charge < -0.3 is 19.2 Å². The summed E-state index contributed by atoms with van der Waals surface area (Å²) in [5.74, 6) is 0.273. The molecule has 10 heteroatoms. The number of rotatable bonds is 9. The lowest BCUT2D eigenvalue weighted by Gasteiger charge is -2.29. The van der Waals surface area contributed by atoms with Crippen molar-refractivity contribution in [2.45, 2.75) is 26.3 Å². The molecule has 0 saturated heterocycles. The monoisotopic (exact) mass is 480 g/mol. The van der Waals surface area contributed by atoms with E-state index < -0.39 is 12.8 Å². The average molecular weight is 480 g/mol. The quantitative estimate of drug-likeness (QED) is 0.487. The molecule has 2 aromatic carbocycles. The molecule has 182 valence electrons. The van der Waals surface area contributed by atoms with Crippen LogP contribution in [0.3, 0.4) is 0 Å². The van der Waals surface area contributed by atoms with Crippen molar-refractivity contribution >= 4 is 23.2 Å². The maximum atomic E-state index is 12.8. The number of hydrazone groups is 1. The summed E-state index contributed by atoms with van der Waals surface area (Å²) in [4.78, 5) is 28.6. The molecular formula is C25H25FN4O5. The molecule has 3 aromatic rings. The molecule has 0 saturated carbocycles. The Morgan fingerprint density at radius 1 is 1.23 bits per heavy atom. The number of nitrogens with zero attached hydrogens (tertiary/aromatic N) is 3. The van der Waals surface area contributed by atoms with Crippen LogP contribution in [-0.2, 0) is 11.3 Å². The fraction of sp³-hybridized carbons (Fsp3) is 0.280. The Bertz CT molecular complexity index is 1210.